The minimum atomic E-state index is -0.520. The summed E-state index contributed by atoms with van der Waals surface area (Å²) in [6.07, 6.45) is 3.28. The molecule has 1 aromatic carbocycles. The molecule has 0 saturated heterocycles. The highest BCUT2D eigenvalue weighted by atomic mass is 19.1. The molecule has 1 aromatic heterocycles. The van der Waals surface area contributed by atoms with Crippen molar-refractivity contribution in [3.8, 4) is 0 Å². The van der Waals surface area contributed by atoms with E-state index in [4.69, 9.17) is 0 Å². The van der Waals surface area contributed by atoms with Crippen molar-refractivity contribution in [2.75, 3.05) is 6.54 Å². The quantitative estimate of drug-likeness (QED) is 0.480. The van der Waals surface area contributed by atoms with Gasteiger partial charge in [0.25, 0.3) is 5.69 Å². The normalized spacial score (nSPS) is 10.6. The number of nitrogens with zero attached hydrogens (tertiary/aromatic N) is 4. The second-order valence-electron chi connectivity index (χ2n) is 3.87. The Labute approximate surface area is 108 Å². The van der Waals surface area contributed by atoms with Crippen LogP contribution >= 0.6 is 0 Å². The van der Waals surface area contributed by atoms with Crippen LogP contribution in [0.5, 0.6) is 0 Å². The van der Waals surface area contributed by atoms with E-state index < -0.39 is 10.7 Å². The molecule has 19 heavy (non-hydrogen) atoms. The van der Waals surface area contributed by atoms with Crippen LogP contribution in [0.25, 0.3) is 0 Å². The van der Waals surface area contributed by atoms with Crippen LogP contribution in [-0.4, -0.2) is 26.5 Å². The van der Waals surface area contributed by atoms with Crippen molar-refractivity contribution in [3.05, 3.63) is 52.1 Å². The Hall–Kier alpha value is -2.35. The minimum Gasteiger partial charge on any atom is -0.311 e. The molecular weight excluding hydrogens is 253 g/mol. The summed E-state index contributed by atoms with van der Waals surface area (Å²) in [5, 5.41) is 21.2. The number of nitro benzene ring substituents is 1. The van der Waals surface area contributed by atoms with E-state index in [9.17, 15) is 14.5 Å². The fourth-order valence-corrected chi connectivity index (χ4v) is 1.64. The summed E-state index contributed by atoms with van der Waals surface area (Å²) in [6.45, 7) is 1.36. The van der Waals surface area contributed by atoms with E-state index in [1.165, 1.54) is 12.1 Å². The number of rotatable bonds is 6. The molecule has 0 aliphatic heterocycles. The van der Waals surface area contributed by atoms with Crippen molar-refractivity contribution in [2.24, 2.45) is 0 Å². The highest BCUT2D eigenvalue weighted by Crippen LogP contribution is 2.19. The molecule has 0 unspecified atom stereocenters. The number of benzene rings is 1. The molecule has 7 nitrogen and oxygen atoms in total. The van der Waals surface area contributed by atoms with E-state index in [0.29, 0.717) is 18.7 Å². The number of aromatic nitrogens is 3. The zero-order valence-electron chi connectivity index (χ0n) is 9.99. The molecule has 100 valence electrons. The molecule has 0 atom stereocenters. The number of halogens is 1. The van der Waals surface area contributed by atoms with Crippen molar-refractivity contribution in [1.82, 2.24) is 20.3 Å². The SMILES string of the molecule is O=[N+]([O-])c1ccc(F)cc1CNCCn1ccnn1. The maximum atomic E-state index is 13.1. The first-order chi connectivity index (χ1) is 9.16. The van der Waals surface area contributed by atoms with Gasteiger partial charge >= 0.3 is 0 Å². The number of hydrogen-bond donors (Lipinski definition) is 1. The number of nitro groups is 1. The van der Waals surface area contributed by atoms with Gasteiger partial charge in [-0.25, -0.2) is 4.39 Å². The molecule has 0 aliphatic carbocycles. The molecule has 0 bridgehead atoms. The first-order valence-corrected chi connectivity index (χ1v) is 5.64. The maximum absolute atomic E-state index is 13.1. The van der Waals surface area contributed by atoms with Crippen molar-refractivity contribution in [1.29, 1.82) is 0 Å². The van der Waals surface area contributed by atoms with E-state index in [1.807, 2.05) is 0 Å². The monoisotopic (exact) mass is 265 g/mol. The molecule has 1 N–H and O–H groups in total. The third kappa shape index (κ3) is 3.55. The Morgan fingerprint density at radius 2 is 2.32 bits per heavy atom. The smallest absolute Gasteiger partial charge is 0.274 e. The van der Waals surface area contributed by atoms with E-state index in [-0.39, 0.29) is 12.2 Å². The van der Waals surface area contributed by atoms with Gasteiger partial charge in [0, 0.05) is 30.9 Å². The van der Waals surface area contributed by atoms with Crippen LogP contribution in [0, 0.1) is 15.9 Å². The van der Waals surface area contributed by atoms with Crippen LogP contribution in [0.2, 0.25) is 0 Å². The third-order valence-corrected chi connectivity index (χ3v) is 2.54. The molecule has 0 amide bonds. The largest absolute Gasteiger partial charge is 0.311 e. The molecule has 2 rings (SSSR count). The Balaban J connectivity index is 1.91. The molecule has 1 heterocycles. The fourth-order valence-electron chi connectivity index (χ4n) is 1.64. The highest BCUT2D eigenvalue weighted by Gasteiger charge is 2.13. The van der Waals surface area contributed by atoms with Crippen LogP contribution in [0.15, 0.2) is 30.6 Å². The zero-order valence-corrected chi connectivity index (χ0v) is 9.99. The predicted octanol–water partition coefficient (Wildman–Crippen LogP) is 1.12. The van der Waals surface area contributed by atoms with Crippen LogP contribution in [-0.2, 0) is 13.1 Å². The lowest BCUT2D eigenvalue weighted by molar-refractivity contribution is -0.385. The van der Waals surface area contributed by atoms with Gasteiger partial charge in [-0.05, 0) is 12.1 Å². The second-order valence-corrected chi connectivity index (χ2v) is 3.87. The second kappa shape index (κ2) is 6.01. The van der Waals surface area contributed by atoms with Gasteiger partial charge in [-0.2, -0.15) is 0 Å². The molecular formula is C11H12FN5O2. The molecule has 0 aliphatic rings. The Morgan fingerprint density at radius 3 is 3.00 bits per heavy atom. The Morgan fingerprint density at radius 1 is 1.47 bits per heavy atom. The van der Waals surface area contributed by atoms with Crippen LogP contribution in [0.4, 0.5) is 10.1 Å². The Kier molecular flexibility index (Phi) is 4.14. The molecule has 0 radical (unpaired) electrons. The summed E-state index contributed by atoms with van der Waals surface area (Å²) in [7, 11) is 0. The number of hydrogen-bond acceptors (Lipinski definition) is 5. The molecule has 2 aromatic rings. The van der Waals surface area contributed by atoms with Gasteiger partial charge in [0.2, 0.25) is 0 Å². The van der Waals surface area contributed by atoms with Gasteiger partial charge in [-0.15, -0.1) is 5.10 Å². The zero-order chi connectivity index (χ0) is 13.7. The summed E-state index contributed by atoms with van der Waals surface area (Å²) >= 11 is 0. The van der Waals surface area contributed by atoms with Crippen molar-refractivity contribution in [3.63, 3.8) is 0 Å². The first-order valence-electron chi connectivity index (χ1n) is 5.64. The lowest BCUT2D eigenvalue weighted by atomic mass is 10.1. The van der Waals surface area contributed by atoms with Gasteiger partial charge in [0.15, 0.2) is 0 Å². The van der Waals surface area contributed by atoms with Gasteiger partial charge in [0.1, 0.15) is 5.82 Å². The van der Waals surface area contributed by atoms with Crippen LogP contribution in [0.1, 0.15) is 5.56 Å². The summed E-state index contributed by atoms with van der Waals surface area (Å²) in [5.74, 6) is -0.487. The van der Waals surface area contributed by atoms with E-state index in [0.717, 1.165) is 6.07 Å². The van der Waals surface area contributed by atoms with Gasteiger partial charge < -0.3 is 5.32 Å². The van der Waals surface area contributed by atoms with E-state index >= 15 is 0 Å². The topological polar surface area (TPSA) is 85.9 Å². The van der Waals surface area contributed by atoms with Crippen molar-refractivity contribution >= 4 is 5.69 Å². The summed E-state index contributed by atoms with van der Waals surface area (Å²) in [4.78, 5) is 10.3. The number of nitrogens with one attached hydrogen (secondary N) is 1. The molecule has 0 fully saturated rings. The Bertz CT molecular complexity index is 558. The summed E-state index contributed by atoms with van der Waals surface area (Å²) in [5.41, 5.74) is 0.234. The minimum absolute atomic E-state index is 0.0883. The summed E-state index contributed by atoms with van der Waals surface area (Å²) in [6, 6.07) is 3.42. The average molecular weight is 265 g/mol. The maximum Gasteiger partial charge on any atom is 0.274 e. The van der Waals surface area contributed by atoms with Gasteiger partial charge in [-0.1, -0.05) is 5.21 Å². The fraction of sp³-hybridized carbons (Fsp3) is 0.273. The summed E-state index contributed by atoms with van der Waals surface area (Å²) < 4.78 is 14.7. The highest BCUT2D eigenvalue weighted by molar-refractivity contribution is 5.40. The van der Waals surface area contributed by atoms with Crippen LogP contribution < -0.4 is 5.32 Å². The predicted molar refractivity (Wildman–Crippen MR) is 64.8 cm³/mol. The van der Waals surface area contributed by atoms with E-state index in [2.05, 4.69) is 15.6 Å². The molecule has 0 spiro atoms. The van der Waals surface area contributed by atoms with Gasteiger partial charge in [-0.3, -0.25) is 14.8 Å². The van der Waals surface area contributed by atoms with Gasteiger partial charge in [0.05, 0.1) is 17.7 Å². The van der Waals surface area contributed by atoms with Crippen LogP contribution in [0.3, 0.4) is 0 Å². The lowest BCUT2D eigenvalue weighted by Gasteiger charge is -2.05. The molecule has 0 saturated carbocycles. The standard InChI is InChI=1S/C11H12FN5O2/c12-10-1-2-11(17(18)19)9(7-10)8-13-3-5-16-6-4-14-15-16/h1-2,4,6-7,13H,3,5,8H2. The molecule has 8 heteroatoms. The first kappa shape index (κ1) is 13.1. The third-order valence-electron chi connectivity index (χ3n) is 2.54. The lowest BCUT2D eigenvalue weighted by Crippen LogP contribution is -2.20. The average Bonchev–Trinajstić information content (AvgIpc) is 2.87. The van der Waals surface area contributed by atoms with E-state index in [1.54, 1.807) is 17.1 Å². The van der Waals surface area contributed by atoms with Crippen molar-refractivity contribution < 1.29 is 9.31 Å². The van der Waals surface area contributed by atoms with Crippen molar-refractivity contribution in [2.45, 2.75) is 13.1 Å².